The SMILES string of the molecule is COc1ccc(OCCNC(=O)c2c(C)nn(Cc3ccc(C)cc3)c2C)cc1. The fraction of sp³-hybridized carbons (Fsp3) is 0.304. The fourth-order valence-corrected chi connectivity index (χ4v) is 3.14. The van der Waals surface area contributed by atoms with Gasteiger partial charge in [-0.1, -0.05) is 29.8 Å². The maximum Gasteiger partial charge on any atom is 0.255 e. The summed E-state index contributed by atoms with van der Waals surface area (Å²) in [5.41, 5.74) is 4.58. The van der Waals surface area contributed by atoms with Crippen LogP contribution in [0, 0.1) is 20.8 Å². The van der Waals surface area contributed by atoms with Crippen molar-refractivity contribution in [3.05, 3.63) is 76.6 Å². The summed E-state index contributed by atoms with van der Waals surface area (Å²) >= 11 is 0. The van der Waals surface area contributed by atoms with Crippen LogP contribution in [0.2, 0.25) is 0 Å². The van der Waals surface area contributed by atoms with Crippen molar-refractivity contribution in [3.63, 3.8) is 0 Å². The molecular weight excluding hydrogens is 366 g/mol. The average molecular weight is 393 g/mol. The lowest BCUT2D eigenvalue weighted by Gasteiger charge is -2.09. The molecule has 0 aliphatic rings. The van der Waals surface area contributed by atoms with Crippen LogP contribution in [-0.4, -0.2) is 35.9 Å². The molecule has 0 aliphatic heterocycles. The van der Waals surface area contributed by atoms with Gasteiger partial charge in [-0.25, -0.2) is 0 Å². The Morgan fingerprint density at radius 1 is 1.00 bits per heavy atom. The number of methoxy groups -OCH3 is 1. The van der Waals surface area contributed by atoms with Gasteiger partial charge < -0.3 is 14.8 Å². The summed E-state index contributed by atoms with van der Waals surface area (Å²) in [4.78, 5) is 12.7. The number of ether oxygens (including phenoxy) is 2. The molecule has 152 valence electrons. The zero-order valence-corrected chi connectivity index (χ0v) is 17.4. The van der Waals surface area contributed by atoms with E-state index in [2.05, 4.69) is 41.6 Å². The molecule has 0 spiro atoms. The van der Waals surface area contributed by atoms with Crippen LogP contribution >= 0.6 is 0 Å². The minimum Gasteiger partial charge on any atom is -0.497 e. The third kappa shape index (κ3) is 5.16. The highest BCUT2D eigenvalue weighted by Gasteiger charge is 2.18. The molecule has 1 N–H and O–H groups in total. The first-order valence-electron chi connectivity index (χ1n) is 9.62. The van der Waals surface area contributed by atoms with E-state index in [1.807, 2.05) is 42.8 Å². The van der Waals surface area contributed by atoms with Gasteiger partial charge in [0.1, 0.15) is 18.1 Å². The molecule has 0 radical (unpaired) electrons. The van der Waals surface area contributed by atoms with Crippen LogP contribution in [-0.2, 0) is 6.54 Å². The molecule has 0 bridgehead atoms. The van der Waals surface area contributed by atoms with Crippen molar-refractivity contribution in [3.8, 4) is 11.5 Å². The lowest BCUT2D eigenvalue weighted by Crippen LogP contribution is -2.29. The highest BCUT2D eigenvalue weighted by atomic mass is 16.5. The molecule has 1 aromatic heterocycles. The summed E-state index contributed by atoms with van der Waals surface area (Å²) < 4.78 is 12.7. The van der Waals surface area contributed by atoms with Crippen molar-refractivity contribution >= 4 is 5.91 Å². The summed E-state index contributed by atoms with van der Waals surface area (Å²) in [7, 11) is 1.62. The molecule has 0 aliphatic carbocycles. The van der Waals surface area contributed by atoms with E-state index in [1.165, 1.54) is 5.56 Å². The number of rotatable bonds is 8. The summed E-state index contributed by atoms with van der Waals surface area (Å²) in [5.74, 6) is 1.38. The molecule has 2 aromatic carbocycles. The van der Waals surface area contributed by atoms with Gasteiger partial charge in [0.05, 0.1) is 31.5 Å². The van der Waals surface area contributed by atoms with Crippen LogP contribution in [0.1, 0.15) is 32.9 Å². The monoisotopic (exact) mass is 393 g/mol. The number of aromatic nitrogens is 2. The third-order valence-corrected chi connectivity index (χ3v) is 4.78. The van der Waals surface area contributed by atoms with E-state index in [0.29, 0.717) is 25.3 Å². The van der Waals surface area contributed by atoms with Crippen LogP contribution in [0.5, 0.6) is 11.5 Å². The van der Waals surface area contributed by atoms with Crippen molar-refractivity contribution in [1.29, 1.82) is 0 Å². The molecule has 3 aromatic rings. The number of amides is 1. The fourth-order valence-electron chi connectivity index (χ4n) is 3.14. The topological polar surface area (TPSA) is 65.4 Å². The van der Waals surface area contributed by atoms with Crippen molar-refractivity contribution in [2.45, 2.75) is 27.3 Å². The molecule has 6 nitrogen and oxygen atoms in total. The number of nitrogens with one attached hydrogen (secondary N) is 1. The molecular formula is C23H27N3O3. The second-order valence-corrected chi connectivity index (χ2v) is 6.97. The predicted octanol–water partition coefficient (Wildman–Crippen LogP) is 3.67. The number of carbonyl (C=O) groups excluding carboxylic acids is 1. The molecule has 0 atom stereocenters. The highest BCUT2D eigenvalue weighted by Crippen LogP contribution is 2.17. The Morgan fingerprint density at radius 3 is 2.31 bits per heavy atom. The smallest absolute Gasteiger partial charge is 0.255 e. The molecule has 0 saturated carbocycles. The number of hydrogen-bond acceptors (Lipinski definition) is 4. The van der Waals surface area contributed by atoms with Gasteiger partial charge in [0, 0.05) is 5.69 Å². The van der Waals surface area contributed by atoms with E-state index in [4.69, 9.17) is 9.47 Å². The summed E-state index contributed by atoms with van der Waals surface area (Å²) in [6.45, 7) is 7.29. The Balaban J connectivity index is 1.56. The Bertz CT molecular complexity index is 960. The summed E-state index contributed by atoms with van der Waals surface area (Å²) in [6.07, 6.45) is 0. The van der Waals surface area contributed by atoms with Gasteiger partial charge >= 0.3 is 0 Å². The molecule has 29 heavy (non-hydrogen) atoms. The molecule has 0 fully saturated rings. The Morgan fingerprint density at radius 2 is 1.66 bits per heavy atom. The molecule has 6 heteroatoms. The van der Waals surface area contributed by atoms with Crippen LogP contribution in [0.15, 0.2) is 48.5 Å². The second kappa shape index (κ2) is 9.28. The lowest BCUT2D eigenvalue weighted by atomic mass is 10.1. The van der Waals surface area contributed by atoms with E-state index in [0.717, 1.165) is 28.5 Å². The number of aryl methyl sites for hydroxylation is 2. The largest absolute Gasteiger partial charge is 0.497 e. The van der Waals surface area contributed by atoms with Crippen LogP contribution in [0.25, 0.3) is 0 Å². The molecule has 0 unspecified atom stereocenters. The number of hydrogen-bond donors (Lipinski definition) is 1. The molecule has 1 amide bonds. The van der Waals surface area contributed by atoms with Crippen molar-refractivity contribution < 1.29 is 14.3 Å². The van der Waals surface area contributed by atoms with E-state index in [9.17, 15) is 4.79 Å². The first-order valence-corrected chi connectivity index (χ1v) is 9.62. The first-order chi connectivity index (χ1) is 14.0. The third-order valence-electron chi connectivity index (χ3n) is 4.78. The number of carbonyl (C=O) groups is 1. The Kier molecular flexibility index (Phi) is 6.54. The van der Waals surface area contributed by atoms with E-state index < -0.39 is 0 Å². The zero-order chi connectivity index (χ0) is 20.8. The maximum absolute atomic E-state index is 12.7. The minimum absolute atomic E-state index is 0.131. The number of benzene rings is 2. The predicted molar refractivity (Wildman–Crippen MR) is 113 cm³/mol. The van der Waals surface area contributed by atoms with Gasteiger partial charge in [0.25, 0.3) is 5.91 Å². The minimum atomic E-state index is -0.131. The standard InChI is InChI=1S/C23H27N3O3/c1-16-5-7-19(8-6-16)15-26-18(3)22(17(2)25-26)23(27)24-13-14-29-21-11-9-20(28-4)10-12-21/h5-12H,13-15H2,1-4H3,(H,24,27). The van der Waals surface area contributed by atoms with Gasteiger partial charge in [-0.05, 0) is 50.6 Å². The average Bonchev–Trinajstić information content (AvgIpc) is 3.00. The molecule has 1 heterocycles. The van der Waals surface area contributed by atoms with E-state index >= 15 is 0 Å². The van der Waals surface area contributed by atoms with Crippen molar-refractivity contribution in [1.82, 2.24) is 15.1 Å². The van der Waals surface area contributed by atoms with Gasteiger partial charge in [-0.2, -0.15) is 5.10 Å². The normalized spacial score (nSPS) is 10.6. The van der Waals surface area contributed by atoms with Crippen LogP contribution < -0.4 is 14.8 Å². The molecule has 0 saturated heterocycles. The quantitative estimate of drug-likeness (QED) is 0.593. The van der Waals surface area contributed by atoms with Crippen molar-refractivity contribution in [2.24, 2.45) is 0 Å². The summed E-state index contributed by atoms with van der Waals surface area (Å²) in [6, 6.07) is 15.7. The highest BCUT2D eigenvalue weighted by molar-refractivity contribution is 5.96. The van der Waals surface area contributed by atoms with Gasteiger partial charge in [0.15, 0.2) is 0 Å². The van der Waals surface area contributed by atoms with Crippen LogP contribution in [0.4, 0.5) is 0 Å². The first kappa shape index (κ1) is 20.5. The Labute approximate surface area is 171 Å². The second-order valence-electron chi connectivity index (χ2n) is 6.97. The molecule has 3 rings (SSSR count). The van der Waals surface area contributed by atoms with E-state index in [1.54, 1.807) is 7.11 Å². The van der Waals surface area contributed by atoms with Gasteiger partial charge in [-0.3, -0.25) is 9.48 Å². The van der Waals surface area contributed by atoms with Crippen LogP contribution in [0.3, 0.4) is 0 Å². The van der Waals surface area contributed by atoms with Gasteiger partial charge in [-0.15, -0.1) is 0 Å². The Hall–Kier alpha value is -3.28. The zero-order valence-electron chi connectivity index (χ0n) is 17.4. The van der Waals surface area contributed by atoms with E-state index in [-0.39, 0.29) is 5.91 Å². The number of nitrogens with zero attached hydrogens (tertiary/aromatic N) is 2. The lowest BCUT2D eigenvalue weighted by molar-refractivity contribution is 0.0945. The van der Waals surface area contributed by atoms with Crippen molar-refractivity contribution in [2.75, 3.05) is 20.3 Å². The maximum atomic E-state index is 12.7. The summed E-state index contributed by atoms with van der Waals surface area (Å²) in [5, 5.41) is 7.47. The van der Waals surface area contributed by atoms with Gasteiger partial charge in [0.2, 0.25) is 0 Å².